The normalized spacial score (nSPS) is 13.6. The second-order valence-corrected chi connectivity index (χ2v) is 3.96. The van der Waals surface area contributed by atoms with Gasteiger partial charge in [-0.2, -0.15) is 0 Å². The molecule has 0 atom stereocenters. The minimum Gasteiger partial charge on any atom is -0.496 e. The first-order chi connectivity index (χ1) is 6.85. The molecule has 1 N–H and O–H groups in total. The van der Waals surface area contributed by atoms with Gasteiger partial charge in [-0.1, -0.05) is 11.8 Å². The summed E-state index contributed by atoms with van der Waals surface area (Å²) in [6, 6.07) is 3.92. The summed E-state index contributed by atoms with van der Waals surface area (Å²) in [5.41, 5.74) is 0.997. The molecule has 3 nitrogen and oxygen atoms in total. The molecule has 0 radical (unpaired) electrons. The molecule has 14 heavy (non-hydrogen) atoms. The van der Waals surface area contributed by atoms with Crippen molar-refractivity contribution in [2.24, 2.45) is 0 Å². The van der Waals surface area contributed by atoms with Gasteiger partial charge in [0.15, 0.2) is 0 Å². The highest BCUT2D eigenvalue weighted by Gasteiger charge is 2.16. The van der Waals surface area contributed by atoms with Crippen LogP contribution in [0.4, 0.5) is 0 Å². The second-order valence-electron chi connectivity index (χ2n) is 2.99. The van der Waals surface area contributed by atoms with E-state index in [9.17, 15) is 0 Å². The first-order valence-corrected chi connectivity index (χ1v) is 5.41. The quantitative estimate of drug-likeness (QED) is 0.827. The molecule has 1 aliphatic heterocycles. The molecule has 1 aliphatic rings. The van der Waals surface area contributed by atoms with Gasteiger partial charge in [-0.3, -0.25) is 0 Å². The smallest absolute Gasteiger partial charge is 0.138 e. The van der Waals surface area contributed by atoms with Crippen LogP contribution in [0.3, 0.4) is 0 Å². The van der Waals surface area contributed by atoms with Crippen molar-refractivity contribution >= 4 is 11.8 Å². The number of benzene rings is 1. The van der Waals surface area contributed by atoms with Crippen LogP contribution >= 0.6 is 11.8 Å². The average Bonchev–Trinajstić information content (AvgIpc) is 2.64. The molecule has 0 unspecified atom stereocenters. The highest BCUT2D eigenvalue weighted by Crippen LogP contribution is 2.40. The van der Waals surface area contributed by atoms with E-state index in [0.717, 1.165) is 22.0 Å². The van der Waals surface area contributed by atoms with Gasteiger partial charge < -0.3 is 14.6 Å². The number of hydrogen-bond donors (Lipinski definition) is 1. The monoisotopic (exact) mass is 212 g/mol. The van der Waals surface area contributed by atoms with E-state index in [2.05, 4.69) is 0 Å². The second kappa shape index (κ2) is 4.11. The van der Waals surface area contributed by atoms with Crippen LogP contribution in [0.25, 0.3) is 0 Å². The Morgan fingerprint density at radius 3 is 3.14 bits per heavy atom. The number of aliphatic hydroxyl groups is 1. The first kappa shape index (κ1) is 9.68. The van der Waals surface area contributed by atoms with E-state index in [0.29, 0.717) is 12.4 Å². The van der Waals surface area contributed by atoms with Gasteiger partial charge in [0, 0.05) is 12.2 Å². The van der Waals surface area contributed by atoms with E-state index in [1.165, 1.54) is 0 Å². The minimum absolute atomic E-state index is 0.127. The van der Waals surface area contributed by atoms with Crippen LogP contribution in [0.15, 0.2) is 17.0 Å². The molecule has 76 valence electrons. The van der Waals surface area contributed by atoms with Crippen LogP contribution in [-0.2, 0) is 6.42 Å². The maximum Gasteiger partial charge on any atom is 0.138 e. The summed E-state index contributed by atoms with van der Waals surface area (Å²) in [6.45, 7) is 0.127. The Morgan fingerprint density at radius 2 is 2.43 bits per heavy atom. The molecule has 2 rings (SSSR count). The molecule has 0 saturated heterocycles. The molecular formula is C10H12O3S. The zero-order valence-electron chi connectivity index (χ0n) is 7.95. The van der Waals surface area contributed by atoms with Crippen LogP contribution in [0.2, 0.25) is 0 Å². The Hall–Kier alpha value is -0.870. The lowest BCUT2D eigenvalue weighted by Gasteiger charge is -2.08. The van der Waals surface area contributed by atoms with Gasteiger partial charge >= 0.3 is 0 Å². The van der Waals surface area contributed by atoms with Gasteiger partial charge in [-0.25, -0.2) is 0 Å². The van der Waals surface area contributed by atoms with Crippen molar-refractivity contribution in [1.82, 2.24) is 0 Å². The molecule has 1 heterocycles. The summed E-state index contributed by atoms with van der Waals surface area (Å²) in [5, 5.41) is 8.89. The van der Waals surface area contributed by atoms with E-state index in [1.54, 1.807) is 18.9 Å². The van der Waals surface area contributed by atoms with Gasteiger partial charge in [-0.05, 0) is 18.6 Å². The standard InChI is InChI=1S/C10H12O3S/c1-12-8-5-10-9(13-6-14-10)4-7(8)2-3-11/h4-5,11H,2-3,6H2,1H3. The summed E-state index contributed by atoms with van der Waals surface area (Å²) in [4.78, 5) is 1.11. The van der Waals surface area contributed by atoms with Crippen LogP contribution in [0, 0.1) is 0 Å². The van der Waals surface area contributed by atoms with E-state index in [1.807, 2.05) is 12.1 Å². The summed E-state index contributed by atoms with van der Waals surface area (Å²) in [7, 11) is 1.64. The van der Waals surface area contributed by atoms with Gasteiger partial charge in [0.1, 0.15) is 17.4 Å². The Bertz CT molecular complexity index is 338. The lowest BCUT2D eigenvalue weighted by molar-refractivity contribution is 0.296. The number of ether oxygens (including phenoxy) is 2. The SMILES string of the molecule is COc1cc2c(cc1CCO)OCS2. The minimum atomic E-state index is 0.127. The zero-order valence-corrected chi connectivity index (χ0v) is 8.76. The van der Waals surface area contributed by atoms with E-state index < -0.39 is 0 Å². The van der Waals surface area contributed by atoms with Gasteiger partial charge in [0.05, 0.1) is 12.0 Å². The molecule has 0 saturated carbocycles. The topological polar surface area (TPSA) is 38.7 Å². The number of rotatable bonds is 3. The van der Waals surface area contributed by atoms with Crippen molar-refractivity contribution in [2.45, 2.75) is 11.3 Å². The molecule has 1 aromatic carbocycles. The third-order valence-corrected chi connectivity index (χ3v) is 3.02. The molecule has 0 fully saturated rings. The number of fused-ring (bicyclic) bond motifs is 1. The summed E-state index contributed by atoms with van der Waals surface area (Å²) >= 11 is 1.66. The third-order valence-electron chi connectivity index (χ3n) is 2.16. The Balaban J connectivity index is 2.38. The maximum atomic E-state index is 8.89. The van der Waals surface area contributed by atoms with Crippen molar-refractivity contribution in [1.29, 1.82) is 0 Å². The largest absolute Gasteiger partial charge is 0.496 e. The third kappa shape index (κ3) is 1.67. The molecule has 0 spiro atoms. The van der Waals surface area contributed by atoms with Gasteiger partial charge in [0.25, 0.3) is 0 Å². The van der Waals surface area contributed by atoms with Gasteiger partial charge in [0.2, 0.25) is 0 Å². The van der Waals surface area contributed by atoms with Crippen LogP contribution in [-0.4, -0.2) is 24.8 Å². The fraction of sp³-hybridized carbons (Fsp3) is 0.400. The fourth-order valence-corrected chi connectivity index (χ4v) is 2.23. The van der Waals surface area contributed by atoms with E-state index in [-0.39, 0.29) is 6.61 Å². The number of hydrogen-bond acceptors (Lipinski definition) is 4. The number of methoxy groups -OCH3 is 1. The molecule has 0 aromatic heterocycles. The van der Waals surface area contributed by atoms with Crippen molar-refractivity contribution in [2.75, 3.05) is 19.7 Å². The van der Waals surface area contributed by atoms with Crippen molar-refractivity contribution in [3.63, 3.8) is 0 Å². The highest BCUT2D eigenvalue weighted by molar-refractivity contribution is 7.99. The number of aliphatic hydroxyl groups excluding tert-OH is 1. The fourth-order valence-electron chi connectivity index (χ4n) is 1.47. The molecule has 1 aromatic rings. The first-order valence-electron chi connectivity index (χ1n) is 4.42. The lowest BCUT2D eigenvalue weighted by Crippen LogP contribution is -1.96. The molecular weight excluding hydrogens is 200 g/mol. The van der Waals surface area contributed by atoms with Crippen LogP contribution < -0.4 is 9.47 Å². The molecule has 0 aliphatic carbocycles. The predicted molar refractivity (Wildman–Crippen MR) is 55.1 cm³/mol. The highest BCUT2D eigenvalue weighted by atomic mass is 32.2. The maximum absolute atomic E-state index is 8.89. The molecule has 4 heteroatoms. The Kier molecular flexibility index (Phi) is 2.84. The summed E-state index contributed by atoms with van der Waals surface area (Å²) < 4.78 is 10.7. The van der Waals surface area contributed by atoms with Crippen LogP contribution in [0.5, 0.6) is 11.5 Å². The van der Waals surface area contributed by atoms with Crippen molar-refractivity contribution < 1.29 is 14.6 Å². The molecule has 0 amide bonds. The van der Waals surface area contributed by atoms with Crippen molar-refractivity contribution in [3.05, 3.63) is 17.7 Å². The summed E-state index contributed by atoms with van der Waals surface area (Å²) in [5.74, 6) is 2.40. The van der Waals surface area contributed by atoms with E-state index >= 15 is 0 Å². The Labute approximate surface area is 87.0 Å². The molecule has 0 bridgehead atoms. The van der Waals surface area contributed by atoms with Crippen molar-refractivity contribution in [3.8, 4) is 11.5 Å². The van der Waals surface area contributed by atoms with Crippen LogP contribution in [0.1, 0.15) is 5.56 Å². The van der Waals surface area contributed by atoms with E-state index in [4.69, 9.17) is 14.6 Å². The predicted octanol–water partition coefficient (Wildman–Crippen LogP) is 1.67. The van der Waals surface area contributed by atoms with Gasteiger partial charge in [-0.15, -0.1) is 0 Å². The average molecular weight is 212 g/mol. The number of thioether (sulfide) groups is 1. The lowest BCUT2D eigenvalue weighted by atomic mass is 10.1. The Morgan fingerprint density at radius 1 is 1.57 bits per heavy atom. The summed E-state index contributed by atoms with van der Waals surface area (Å²) in [6.07, 6.45) is 0.602. The zero-order chi connectivity index (χ0) is 9.97.